The van der Waals surface area contributed by atoms with Gasteiger partial charge in [-0.1, -0.05) is 6.07 Å². The molecule has 0 unspecified atom stereocenters. The third kappa shape index (κ3) is 6.12. The van der Waals surface area contributed by atoms with Gasteiger partial charge in [0, 0.05) is 56.9 Å². The van der Waals surface area contributed by atoms with E-state index in [0.717, 1.165) is 38.3 Å². The molecule has 2 heterocycles. The molecule has 2 N–H and O–H groups in total. The summed E-state index contributed by atoms with van der Waals surface area (Å²) in [6.45, 7) is 4.34. The van der Waals surface area contributed by atoms with Gasteiger partial charge in [0.25, 0.3) is 0 Å². The topological polar surface area (TPSA) is 42.9 Å². The van der Waals surface area contributed by atoms with Crippen LogP contribution in [-0.4, -0.2) is 57.7 Å². The summed E-state index contributed by atoms with van der Waals surface area (Å²) in [5.74, 6) is 0.577. The molecule has 0 aliphatic carbocycles. The summed E-state index contributed by atoms with van der Waals surface area (Å²) >= 11 is 1.70. The Labute approximate surface area is 179 Å². The molecule has 0 radical (unpaired) electrons. The predicted octanol–water partition coefficient (Wildman–Crippen LogP) is 3.43. The Kier molecular flexibility index (Phi) is 7.60. The van der Waals surface area contributed by atoms with Crippen molar-refractivity contribution in [2.24, 2.45) is 4.99 Å². The molecule has 1 aliphatic rings. The number of piperazine rings is 1. The number of alkyl halides is 3. The highest BCUT2D eigenvalue weighted by molar-refractivity contribution is 7.09. The first-order chi connectivity index (χ1) is 14.4. The molecular weight excluding hydrogens is 411 g/mol. The minimum atomic E-state index is -4.37. The van der Waals surface area contributed by atoms with Gasteiger partial charge in [0.2, 0.25) is 0 Å². The van der Waals surface area contributed by atoms with Gasteiger partial charge in [-0.25, -0.2) is 0 Å². The monoisotopic (exact) mass is 439 g/mol. The number of benzene rings is 1. The molecule has 1 aromatic carbocycles. The summed E-state index contributed by atoms with van der Waals surface area (Å²) in [4.78, 5) is 9.85. The van der Waals surface area contributed by atoms with E-state index in [1.807, 2.05) is 11.4 Å². The maximum atomic E-state index is 13.3. The standard InChI is InChI=1S/C21H28F3N5S/c1-25-20(26-8-7-18-4-3-13-30-18)27-15-16-14-17(21(22,23)24)5-6-19(16)29-11-9-28(2)10-12-29/h3-6,13-14H,7-12,15H2,1-2H3,(H2,25,26,27). The van der Waals surface area contributed by atoms with Gasteiger partial charge < -0.3 is 20.4 Å². The Balaban J connectivity index is 1.68. The number of anilines is 1. The molecule has 1 saturated heterocycles. The maximum absolute atomic E-state index is 13.3. The number of hydrogen-bond donors (Lipinski definition) is 2. The first-order valence-electron chi connectivity index (χ1n) is 9.97. The quantitative estimate of drug-likeness (QED) is 0.535. The second-order valence-corrected chi connectivity index (χ2v) is 8.35. The molecule has 0 atom stereocenters. The fourth-order valence-corrected chi connectivity index (χ4v) is 4.13. The average Bonchev–Trinajstić information content (AvgIpc) is 3.24. The fourth-order valence-electron chi connectivity index (χ4n) is 3.42. The summed E-state index contributed by atoms with van der Waals surface area (Å²) in [6.07, 6.45) is -3.50. The van der Waals surface area contributed by atoms with Crippen LogP contribution < -0.4 is 15.5 Å². The number of nitrogens with one attached hydrogen (secondary N) is 2. The van der Waals surface area contributed by atoms with Crippen molar-refractivity contribution in [2.45, 2.75) is 19.1 Å². The number of rotatable bonds is 6. The smallest absolute Gasteiger partial charge is 0.369 e. The van der Waals surface area contributed by atoms with Crippen LogP contribution in [0, 0.1) is 0 Å². The lowest BCUT2D eigenvalue weighted by atomic mass is 10.1. The fraction of sp³-hybridized carbons (Fsp3) is 0.476. The van der Waals surface area contributed by atoms with Crippen molar-refractivity contribution < 1.29 is 13.2 Å². The van der Waals surface area contributed by atoms with E-state index in [1.165, 1.54) is 17.0 Å². The van der Waals surface area contributed by atoms with E-state index in [9.17, 15) is 13.2 Å². The van der Waals surface area contributed by atoms with Crippen LogP contribution in [0.25, 0.3) is 0 Å². The van der Waals surface area contributed by atoms with Crippen LogP contribution in [0.4, 0.5) is 18.9 Å². The molecular formula is C21H28F3N5S. The first-order valence-corrected chi connectivity index (χ1v) is 10.9. The Morgan fingerprint density at radius 1 is 1.13 bits per heavy atom. The zero-order valence-corrected chi connectivity index (χ0v) is 18.1. The molecule has 1 aromatic heterocycles. The third-order valence-corrected chi connectivity index (χ3v) is 6.10. The molecule has 0 bridgehead atoms. The number of nitrogens with zero attached hydrogens (tertiary/aromatic N) is 3. The van der Waals surface area contributed by atoms with Gasteiger partial charge in [-0.3, -0.25) is 4.99 Å². The van der Waals surface area contributed by atoms with Crippen LogP contribution in [-0.2, 0) is 19.1 Å². The Morgan fingerprint density at radius 3 is 2.53 bits per heavy atom. The van der Waals surface area contributed by atoms with Crippen molar-refractivity contribution in [3.63, 3.8) is 0 Å². The lowest BCUT2D eigenvalue weighted by Gasteiger charge is -2.35. The number of likely N-dealkylation sites (N-methyl/N-ethyl adjacent to an activating group) is 1. The van der Waals surface area contributed by atoms with E-state index in [4.69, 9.17) is 0 Å². The normalized spacial score (nSPS) is 16.0. The van der Waals surface area contributed by atoms with Gasteiger partial charge in [0.1, 0.15) is 0 Å². The lowest BCUT2D eigenvalue weighted by molar-refractivity contribution is -0.137. The predicted molar refractivity (Wildman–Crippen MR) is 117 cm³/mol. The number of halogens is 3. The Bertz CT molecular complexity index is 828. The number of hydrogen-bond acceptors (Lipinski definition) is 4. The van der Waals surface area contributed by atoms with Crippen molar-refractivity contribution in [3.8, 4) is 0 Å². The maximum Gasteiger partial charge on any atom is 0.416 e. The largest absolute Gasteiger partial charge is 0.416 e. The van der Waals surface area contributed by atoms with Crippen LogP contribution in [0.15, 0.2) is 40.7 Å². The molecule has 5 nitrogen and oxygen atoms in total. The second-order valence-electron chi connectivity index (χ2n) is 7.31. The van der Waals surface area contributed by atoms with E-state index < -0.39 is 11.7 Å². The van der Waals surface area contributed by atoms with Gasteiger partial charge in [-0.15, -0.1) is 11.3 Å². The van der Waals surface area contributed by atoms with Crippen LogP contribution >= 0.6 is 11.3 Å². The minimum Gasteiger partial charge on any atom is -0.369 e. The van der Waals surface area contributed by atoms with E-state index in [2.05, 4.69) is 38.5 Å². The minimum absolute atomic E-state index is 0.268. The molecule has 3 rings (SSSR count). The second kappa shape index (κ2) is 10.2. The summed E-state index contributed by atoms with van der Waals surface area (Å²) in [7, 11) is 3.71. The molecule has 0 saturated carbocycles. The molecule has 9 heteroatoms. The number of thiophene rings is 1. The molecule has 1 aliphatic heterocycles. The van der Waals surface area contributed by atoms with Crippen LogP contribution in [0.5, 0.6) is 0 Å². The highest BCUT2D eigenvalue weighted by Crippen LogP contribution is 2.33. The van der Waals surface area contributed by atoms with Gasteiger partial charge in [0.15, 0.2) is 5.96 Å². The van der Waals surface area contributed by atoms with Crippen LogP contribution in [0.2, 0.25) is 0 Å². The lowest BCUT2D eigenvalue weighted by Crippen LogP contribution is -2.45. The SMILES string of the molecule is CN=C(NCCc1cccs1)NCc1cc(C(F)(F)F)ccc1N1CCN(C)CC1. The molecule has 164 valence electrons. The zero-order chi connectivity index (χ0) is 21.6. The molecule has 0 spiro atoms. The number of guanidine groups is 1. The van der Waals surface area contributed by atoms with E-state index in [1.54, 1.807) is 24.5 Å². The van der Waals surface area contributed by atoms with Crippen molar-refractivity contribution in [1.29, 1.82) is 0 Å². The summed E-state index contributed by atoms with van der Waals surface area (Å²) in [6, 6.07) is 8.11. The molecule has 30 heavy (non-hydrogen) atoms. The highest BCUT2D eigenvalue weighted by atomic mass is 32.1. The van der Waals surface area contributed by atoms with Gasteiger partial charge in [-0.05, 0) is 48.7 Å². The summed E-state index contributed by atoms with van der Waals surface area (Å²) in [5, 5.41) is 8.44. The van der Waals surface area contributed by atoms with Crippen LogP contribution in [0.3, 0.4) is 0 Å². The summed E-state index contributed by atoms with van der Waals surface area (Å²) in [5.41, 5.74) is 0.839. The average molecular weight is 440 g/mol. The highest BCUT2D eigenvalue weighted by Gasteiger charge is 2.31. The Morgan fingerprint density at radius 2 is 1.90 bits per heavy atom. The Hall–Kier alpha value is -2.26. The number of aliphatic imine (C=N–C) groups is 1. The van der Waals surface area contributed by atoms with Crippen molar-refractivity contribution in [2.75, 3.05) is 51.7 Å². The van der Waals surface area contributed by atoms with Crippen molar-refractivity contribution in [3.05, 3.63) is 51.7 Å². The van der Waals surface area contributed by atoms with E-state index in [-0.39, 0.29) is 6.54 Å². The first kappa shape index (κ1) is 22.4. The van der Waals surface area contributed by atoms with E-state index in [0.29, 0.717) is 18.1 Å². The van der Waals surface area contributed by atoms with Crippen LogP contribution in [0.1, 0.15) is 16.0 Å². The van der Waals surface area contributed by atoms with Gasteiger partial charge in [0.05, 0.1) is 5.56 Å². The molecule has 1 fully saturated rings. The zero-order valence-electron chi connectivity index (χ0n) is 17.3. The van der Waals surface area contributed by atoms with Crippen molar-refractivity contribution in [1.82, 2.24) is 15.5 Å². The molecule has 2 aromatic rings. The molecule has 0 amide bonds. The summed E-state index contributed by atoms with van der Waals surface area (Å²) < 4.78 is 39.9. The van der Waals surface area contributed by atoms with Crippen molar-refractivity contribution >= 4 is 23.0 Å². The van der Waals surface area contributed by atoms with Gasteiger partial charge >= 0.3 is 6.18 Å². The van der Waals surface area contributed by atoms with Gasteiger partial charge in [-0.2, -0.15) is 13.2 Å². The third-order valence-electron chi connectivity index (χ3n) is 5.16. The van der Waals surface area contributed by atoms with E-state index >= 15 is 0 Å².